The van der Waals surface area contributed by atoms with Crippen molar-refractivity contribution in [2.45, 2.75) is 32.9 Å². The van der Waals surface area contributed by atoms with Crippen molar-refractivity contribution < 1.29 is 4.74 Å². The molecule has 1 aromatic heterocycles. The molecular formula is C9H19N5O. The van der Waals surface area contributed by atoms with E-state index in [-0.39, 0.29) is 6.04 Å². The van der Waals surface area contributed by atoms with Crippen molar-refractivity contribution >= 4 is 0 Å². The summed E-state index contributed by atoms with van der Waals surface area (Å²) >= 11 is 0. The average molecular weight is 213 g/mol. The third kappa shape index (κ3) is 3.56. The van der Waals surface area contributed by atoms with Crippen LogP contribution in [-0.2, 0) is 11.3 Å². The molecule has 6 nitrogen and oxygen atoms in total. The van der Waals surface area contributed by atoms with Gasteiger partial charge in [0.25, 0.3) is 0 Å². The normalized spacial score (nSPS) is 13.0. The molecule has 0 radical (unpaired) electrons. The van der Waals surface area contributed by atoms with Crippen LogP contribution in [0.1, 0.15) is 32.1 Å². The van der Waals surface area contributed by atoms with E-state index < -0.39 is 0 Å². The number of ether oxygens (including phenoxy) is 1. The van der Waals surface area contributed by atoms with Crippen molar-refractivity contribution in [3.05, 3.63) is 5.82 Å². The monoisotopic (exact) mass is 213 g/mol. The van der Waals surface area contributed by atoms with Crippen LogP contribution in [0, 0.1) is 0 Å². The Labute approximate surface area is 90.0 Å². The smallest absolute Gasteiger partial charge is 0.167 e. The fourth-order valence-electron chi connectivity index (χ4n) is 1.27. The predicted molar refractivity (Wildman–Crippen MR) is 56.4 cm³/mol. The molecule has 1 unspecified atom stereocenters. The summed E-state index contributed by atoms with van der Waals surface area (Å²) in [6.45, 7) is 6.34. The van der Waals surface area contributed by atoms with Crippen molar-refractivity contribution in [3.63, 3.8) is 0 Å². The minimum Gasteiger partial charge on any atom is -0.382 e. The molecule has 0 saturated heterocycles. The van der Waals surface area contributed by atoms with Crippen molar-refractivity contribution in [2.24, 2.45) is 0 Å². The van der Waals surface area contributed by atoms with Crippen LogP contribution in [0.3, 0.4) is 0 Å². The number of aryl methyl sites for hydroxylation is 1. The lowest BCUT2D eigenvalue weighted by atomic mass is 10.3. The quantitative estimate of drug-likeness (QED) is 0.663. The van der Waals surface area contributed by atoms with E-state index in [4.69, 9.17) is 4.74 Å². The van der Waals surface area contributed by atoms with Gasteiger partial charge < -0.3 is 10.1 Å². The zero-order chi connectivity index (χ0) is 11.1. The molecule has 0 aliphatic rings. The van der Waals surface area contributed by atoms with Crippen molar-refractivity contribution in [1.82, 2.24) is 25.5 Å². The average Bonchev–Trinajstić information content (AvgIpc) is 2.71. The molecule has 0 amide bonds. The van der Waals surface area contributed by atoms with Crippen molar-refractivity contribution in [2.75, 3.05) is 20.3 Å². The Hall–Kier alpha value is -1.01. The Bertz CT molecular complexity index is 275. The highest BCUT2D eigenvalue weighted by atomic mass is 16.5. The number of hydrogen-bond acceptors (Lipinski definition) is 5. The molecule has 0 bridgehead atoms. The maximum absolute atomic E-state index is 5.26. The zero-order valence-corrected chi connectivity index (χ0v) is 9.60. The van der Waals surface area contributed by atoms with Gasteiger partial charge in [0.05, 0.1) is 6.04 Å². The molecule has 1 heterocycles. The van der Waals surface area contributed by atoms with Crippen LogP contribution in [0.5, 0.6) is 0 Å². The third-order valence-electron chi connectivity index (χ3n) is 2.24. The Morgan fingerprint density at radius 3 is 3.00 bits per heavy atom. The highest BCUT2D eigenvalue weighted by Gasteiger charge is 2.11. The van der Waals surface area contributed by atoms with Crippen LogP contribution in [-0.4, -0.2) is 40.5 Å². The molecule has 1 rings (SSSR count). The van der Waals surface area contributed by atoms with E-state index in [1.54, 1.807) is 0 Å². The van der Waals surface area contributed by atoms with Gasteiger partial charge in [-0.05, 0) is 37.7 Å². The second-order valence-corrected chi connectivity index (χ2v) is 3.32. The van der Waals surface area contributed by atoms with E-state index in [1.165, 1.54) is 0 Å². The molecule has 1 N–H and O–H groups in total. The summed E-state index contributed by atoms with van der Waals surface area (Å²) in [4.78, 5) is 0. The standard InChI is InChI=1S/C9H19N5O/c1-4-15-7-5-6-14-9(8(2)10-3)11-12-13-14/h8,10H,4-7H2,1-3H3. The van der Waals surface area contributed by atoms with Crippen LogP contribution in [0.2, 0.25) is 0 Å². The van der Waals surface area contributed by atoms with Gasteiger partial charge in [0, 0.05) is 19.8 Å². The summed E-state index contributed by atoms with van der Waals surface area (Å²) in [7, 11) is 1.89. The van der Waals surface area contributed by atoms with E-state index >= 15 is 0 Å². The Kier molecular flexibility index (Phi) is 5.20. The Balaban J connectivity index is 2.43. The molecule has 1 atom stereocenters. The summed E-state index contributed by atoms with van der Waals surface area (Å²) < 4.78 is 7.08. The molecule has 0 fully saturated rings. The highest BCUT2D eigenvalue weighted by molar-refractivity contribution is 4.88. The van der Waals surface area contributed by atoms with Gasteiger partial charge in [0.15, 0.2) is 5.82 Å². The number of nitrogens with zero attached hydrogens (tertiary/aromatic N) is 4. The van der Waals surface area contributed by atoms with E-state index in [1.807, 2.05) is 25.6 Å². The van der Waals surface area contributed by atoms with E-state index in [2.05, 4.69) is 20.8 Å². The molecule has 0 spiro atoms. The first kappa shape index (κ1) is 12.1. The van der Waals surface area contributed by atoms with E-state index in [9.17, 15) is 0 Å². The van der Waals surface area contributed by atoms with Gasteiger partial charge in [-0.25, -0.2) is 4.68 Å². The van der Waals surface area contributed by atoms with Crippen molar-refractivity contribution in [1.29, 1.82) is 0 Å². The zero-order valence-electron chi connectivity index (χ0n) is 9.60. The molecule has 0 aliphatic carbocycles. The summed E-state index contributed by atoms with van der Waals surface area (Å²) in [5.41, 5.74) is 0. The van der Waals surface area contributed by atoms with Crippen LogP contribution < -0.4 is 5.32 Å². The Morgan fingerprint density at radius 1 is 1.53 bits per heavy atom. The molecule has 6 heteroatoms. The number of rotatable bonds is 7. The van der Waals surface area contributed by atoms with E-state index in [0.29, 0.717) is 0 Å². The second-order valence-electron chi connectivity index (χ2n) is 3.32. The second kappa shape index (κ2) is 6.47. The van der Waals surface area contributed by atoms with Crippen LogP contribution in [0.4, 0.5) is 0 Å². The summed E-state index contributed by atoms with van der Waals surface area (Å²) in [5.74, 6) is 0.869. The fourth-order valence-corrected chi connectivity index (χ4v) is 1.27. The number of nitrogens with one attached hydrogen (secondary N) is 1. The Morgan fingerprint density at radius 2 is 2.33 bits per heavy atom. The van der Waals surface area contributed by atoms with Gasteiger partial charge in [0.1, 0.15) is 0 Å². The molecule has 0 aliphatic heterocycles. The van der Waals surface area contributed by atoms with Gasteiger partial charge in [-0.1, -0.05) is 0 Å². The molecule has 0 aromatic carbocycles. The number of hydrogen-bond donors (Lipinski definition) is 1. The van der Waals surface area contributed by atoms with Gasteiger partial charge >= 0.3 is 0 Å². The maximum atomic E-state index is 5.26. The largest absolute Gasteiger partial charge is 0.382 e. The SMILES string of the molecule is CCOCCCn1nnnc1C(C)NC. The van der Waals surface area contributed by atoms with Crippen LogP contribution in [0.25, 0.3) is 0 Å². The minimum absolute atomic E-state index is 0.173. The fraction of sp³-hybridized carbons (Fsp3) is 0.889. The molecule has 1 aromatic rings. The molecule has 15 heavy (non-hydrogen) atoms. The van der Waals surface area contributed by atoms with Crippen LogP contribution in [0.15, 0.2) is 0 Å². The highest BCUT2D eigenvalue weighted by Crippen LogP contribution is 2.06. The first-order valence-corrected chi connectivity index (χ1v) is 5.30. The topological polar surface area (TPSA) is 64.9 Å². The van der Waals surface area contributed by atoms with Crippen LogP contribution >= 0.6 is 0 Å². The van der Waals surface area contributed by atoms with Gasteiger partial charge in [-0.3, -0.25) is 0 Å². The lowest BCUT2D eigenvalue weighted by Crippen LogP contribution is -2.19. The minimum atomic E-state index is 0.173. The van der Waals surface area contributed by atoms with E-state index in [0.717, 1.165) is 32.0 Å². The lowest BCUT2D eigenvalue weighted by molar-refractivity contribution is 0.140. The summed E-state index contributed by atoms with van der Waals surface area (Å²) in [5, 5.41) is 14.7. The lowest BCUT2D eigenvalue weighted by Gasteiger charge is -2.09. The summed E-state index contributed by atoms with van der Waals surface area (Å²) in [6, 6.07) is 0.173. The molecule has 86 valence electrons. The summed E-state index contributed by atoms with van der Waals surface area (Å²) in [6.07, 6.45) is 0.933. The first-order valence-electron chi connectivity index (χ1n) is 5.30. The predicted octanol–water partition coefficient (Wildman–Crippen LogP) is 0.380. The van der Waals surface area contributed by atoms with Gasteiger partial charge in [-0.15, -0.1) is 5.10 Å². The maximum Gasteiger partial charge on any atom is 0.167 e. The van der Waals surface area contributed by atoms with Gasteiger partial charge in [-0.2, -0.15) is 0 Å². The first-order chi connectivity index (χ1) is 7.29. The third-order valence-corrected chi connectivity index (χ3v) is 2.24. The number of aromatic nitrogens is 4. The van der Waals surface area contributed by atoms with Crippen molar-refractivity contribution in [3.8, 4) is 0 Å². The number of tetrazole rings is 1. The molecular weight excluding hydrogens is 194 g/mol. The van der Waals surface area contributed by atoms with Gasteiger partial charge in [0.2, 0.25) is 0 Å². The molecule has 0 saturated carbocycles.